The number of carboxylic acids is 1. The van der Waals surface area contributed by atoms with Crippen molar-refractivity contribution in [3.8, 4) is 0 Å². The number of aliphatic carboxylic acids is 1. The van der Waals surface area contributed by atoms with Crippen molar-refractivity contribution in [1.82, 2.24) is 5.32 Å². The molecule has 110 valence electrons. The molecule has 0 atom stereocenters. The van der Waals surface area contributed by atoms with Gasteiger partial charge in [0, 0.05) is 0 Å². The summed E-state index contributed by atoms with van der Waals surface area (Å²) in [5, 5.41) is 12.4. The highest BCUT2D eigenvalue weighted by Crippen LogP contribution is 2.31. The number of carbonyl (C=O) groups excluding carboxylic acids is 1. The molecule has 0 heterocycles. The van der Waals surface area contributed by atoms with Gasteiger partial charge in [-0.25, -0.2) is 0 Å². The first kappa shape index (κ1) is 16.5. The van der Waals surface area contributed by atoms with Crippen LogP contribution in [0.15, 0.2) is 18.2 Å². The Balaban J connectivity index is 3.07. The van der Waals surface area contributed by atoms with Gasteiger partial charge < -0.3 is 10.4 Å². The van der Waals surface area contributed by atoms with Crippen molar-refractivity contribution in [1.29, 1.82) is 0 Å². The summed E-state index contributed by atoms with van der Waals surface area (Å²) < 4.78 is 0. The lowest BCUT2D eigenvalue weighted by Crippen LogP contribution is -2.57. The van der Waals surface area contributed by atoms with Crippen LogP contribution >= 0.6 is 11.6 Å². The molecular weight excluding hydrogens is 278 g/mol. The highest BCUT2D eigenvalue weighted by molar-refractivity contribution is 6.34. The van der Waals surface area contributed by atoms with Gasteiger partial charge in [0.2, 0.25) is 0 Å². The zero-order chi connectivity index (χ0) is 15.7. The number of rotatable bonds is 4. The summed E-state index contributed by atoms with van der Waals surface area (Å²) in [4.78, 5) is 23.6. The van der Waals surface area contributed by atoms with E-state index in [1.54, 1.807) is 39.8 Å². The number of carboxylic acid groups (broad SMARTS) is 1. The van der Waals surface area contributed by atoms with Gasteiger partial charge in [-0.15, -0.1) is 0 Å². The highest BCUT2D eigenvalue weighted by atomic mass is 35.5. The van der Waals surface area contributed by atoms with E-state index < -0.39 is 16.9 Å². The van der Waals surface area contributed by atoms with Gasteiger partial charge in [-0.1, -0.05) is 23.7 Å². The van der Waals surface area contributed by atoms with Crippen LogP contribution in [0.4, 0.5) is 0 Å². The SMILES string of the molecule is Cc1cccc(C(=O)NC(C)(C)C(C)(C)C(=O)O)c1Cl. The van der Waals surface area contributed by atoms with E-state index in [-0.39, 0.29) is 5.91 Å². The molecule has 0 fully saturated rings. The third-order valence-corrected chi connectivity index (χ3v) is 4.46. The summed E-state index contributed by atoms with van der Waals surface area (Å²) in [6.45, 7) is 8.33. The smallest absolute Gasteiger partial charge is 0.311 e. The van der Waals surface area contributed by atoms with Crippen LogP contribution in [0, 0.1) is 12.3 Å². The Morgan fingerprint density at radius 3 is 2.25 bits per heavy atom. The first-order chi connectivity index (χ1) is 9.00. The highest BCUT2D eigenvalue weighted by Gasteiger charge is 2.44. The Morgan fingerprint density at radius 2 is 1.75 bits per heavy atom. The summed E-state index contributed by atoms with van der Waals surface area (Å²) >= 11 is 6.12. The average molecular weight is 298 g/mol. The van der Waals surface area contributed by atoms with Gasteiger partial charge >= 0.3 is 5.97 Å². The summed E-state index contributed by atoms with van der Waals surface area (Å²) in [6, 6.07) is 5.17. The van der Waals surface area contributed by atoms with Crippen LogP contribution < -0.4 is 5.32 Å². The molecule has 4 nitrogen and oxygen atoms in total. The molecule has 0 aliphatic heterocycles. The number of aryl methyl sites for hydroxylation is 1. The molecule has 1 rings (SSSR count). The molecule has 0 saturated carbocycles. The van der Waals surface area contributed by atoms with Crippen LogP contribution in [0.2, 0.25) is 5.02 Å². The fraction of sp³-hybridized carbons (Fsp3) is 0.467. The zero-order valence-electron chi connectivity index (χ0n) is 12.4. The summed E-state index contributed by atoms with van der Waals surface area (Å²) in [6.07, 6.45) is 0. The first-order valence-corrected chi connectivity index (χ1v) is 6.69. The summed E-state index contributed by atoms with van der Waals surface area (Å²) in [5.41, 5.74) is -0.891. The number of benzene rings is 1. The second-order valence-electron chi connectivity index (χ2n) is 5.95. The lowest BCUT2D eigenvalue weighted by molar-refractivity contribution is -0.150. The molecule has 0 radical (unpaired) electrons. The molecule has 0 saturated heterocycles. The van der Waals surface area contributed by atoms with Crippen molar-refractivity contribution in [2.75, 3.05) is 0 Å². The Bertz CT molecular complexity index is 550. The number of amides is 1. The predicted molar refractivity (Wildman–Crippen MR) is 79.2 cm³/mol. The molecule has 0 bridgehead atoms. The number of nitrogens with one attached hydrogen (secondary N) is 1. The second kappa shape index (κ2) is 5.44. The Kier molecular flexibility index (Phi) is 4.49. The molecule has 1 aromatic rings. The first-order valence-electron chi connectivity index (χ1n) is 6.31. The van der Waals surface area contributed by atoms with Gasteiger partial charge in [-0.2, -0.15) is 0 Å². The quantitative estimate of drug-likeness (QED) is 0.896. The van der Waals surface area contributed by atoms with Crippen molar-refractivity contribution in [3.05, 3.63) is 34.3 Å². The Hall–Kier alpha value is -1.55. The van der Waals surface area contributed by atoms with Crippen LogP contribution in [0.1, 0.15) is 43.6 Å². The van der Waals surface area contributed by atoms with E-state index in [0.29, 0.717) is 10.6 Å². The third kappa shape index (κ3) is 2.96. The van der Waals surface area contributed by atoms with Crippen LogP contribution in [-0.2, 0) is 4.79 Å². The maximum Gasteiger partial charge on any atom is 0.311 e. The molecule has 1 amide bonds. The van der Waals surface area contributed by atoms with Crippen molar-refractivity contribution in [3.63, 3.8) is 0 Å². The largest absolute Gasteiger partial charge is 0.481 e. The molecule has 0 aliphatic carbocycles. The van der Waals surface area contributed by atoms with E-state index in [0.717, 1.165) is 5.56 Å². The van der Waals surface area contributed by atoms with E-state index in [1.165, 1.54) is 0 Å². The lowest BCUT2D eigenvalue weighted by Gasteiger charge is -2.38. The zero-order valence-corrected chi connectivity index (χ0v) is 13.1. The number of halogens is 1. The van der Waals surface area contributed by atoms with E-state index in [2.05, 4.69) is 5.32 Å². The van der Waals surface area contributed by atoms with E-state index in [9.17, 15) is 14.7 Å². The van der Waals surface area contributed by atoms with Crippen molar-refractivity contribution in [2.45, 2.75) is 40.2 Å². The number of hydrogen-bond donors (Lipinski definition) is 2. The molecular formula is C15H20ClNO3. The molecule has 0 unspecified atom stereocenters. The normalized spacial score (nSPS) is 12.1. The summed E-state index contributed by atoms with van der Waals surface area (Å²) in [7, 11) is 0. The minimum atomic E-state index is -1.11. The maximum absolute atomic E-state index is 12.3. The minimum absolute atomic E-state index is 0.348. The molecule has 5 heteroatoms. The maximum atomic E-state index is 12.3. The lowest BCUT2D eigenvalue weighted by atomic mass is 9.74. The molecule has 2 N–H and O–H groups in total. The van der Waals surface area contributed by atoms with Gasteiger partial charge in [0.05, 0.1) is 21.5 Å². The van der Waals surface area contributed by atoms with Crippen LogP contribution in [0.3, 0.4) is 0 Å². The fourth-order valence-corrected chi connectivity index (χ4v) is 1.81. The number of hydrogen-bond acceptors (Lipinski definition) is 2. The van der Waals surface area contributed by atoms with Crippen LogP contribution in [0.25, 0.3) is 0 Å². The van der Waals surface area contributed by atoms with Crippen LogP contribution in [-0.4, -0.2) is 22.5 Å². The van der Waals surface area contributed by atoms with Crippen molar-refractivity contribution < 1.29 is 14.7 Å². The van der Waals surface area contributed by atoms with Gasteiger partial charge in [-0.05, 0) is 46.2 Å². The van der Waals surface area contributed by atoms with Gasteiger partial charge in [-0.3, -0.25) is 9.59 Å². The fourth-order valence-electron chi connectivity index (χ4n) is 1.60. The molecule has 0 aromatic heterocycles. The van der Waals surface area contributed by atoms with Crippen LogP contribution in [0.5, 0.6) is 0 Å². The summed E-state index contributed by atoms with van der Waals surface area (Å²) in [5.74, 6) is -1.35. The standard InChI is InChI=1S/C15H20ClNO3/c1-9-7-6-8-10(11(9)16)12(18)17-15(4,5)14(2,3)13(19)20/h6-8H,1-5H3,(H,17,18)(H,19,20). The van der Waals surface area contributed by atoms with Crippen molar-refractivity contribution in [2.24, 2.45) is 5.41 Å². The molecule has 20 heavy (non-hydrogen) atoms. The minimum Gasteiger partial charge on any atom is -0.481 e. The van der Waals surface area contributed by atoms with E-state index in [1.807, 2.05) is 13.0 Å². The predicted octanol–water partition coefficient (Wildman–Crippen LogP) is 3.27. The second-order valence-corrected chi connectivity index (χ2v) is 6.32. The monoisotopic (exact) mass is 297 g/mol. The topological polar surface area (TPSA) is 66.4 Å². The number of carbonyl (C=O) groups is 2. The molecule has 0 aliphatic rings. The Morgan fingerprint density at radius 1 is 1.20 bits per heavy atom. The molecule has 0 spiro atoms. The van der Waals surface area contributed by atoms with Gasteiger partial charge in [0.25, 0.3) is 5.91 Å². The van der Waals surface area contributed by atoms with Gasteiger partial charge in [0.1, 0.15) is 0 Å². The van der Waals surface area contributed by atoms with Crippen molar-refractivity contribution >= 4 is 23.5 Å². The van der Waals surface area contributed by atoms with E-state index >= 15 is 0 Å². The van der Waals surface area contributed by atoms with E-state index in [4.69, 9.17) is 11.6 Å². The third-order valence-electron chi connectivity index (χ3n) is 3.96. The average Bonchev–Trinajstić information content (AvgIpc) is 2.31. The Labute approximate surface area is 124 Å². The van der Waals surface area contributed by atoms with Gasteiger partial charge in [0.15, 0.2) is 0 Å². The molecule has 1 aromatic carbocycles.